The quantitative estimate of drug-likeness (QED) is 0.287. The third-order valence-corrected chi connectivity index (χ3v) is 8.74. The molecule has 1 aliphatic carbocycles. The minimum absolute atomic E-state index is 0.0572. The number of fused-ring (bicyclic) bond motifs is 1. The van der Waals surface area contributed by atoms with Gasteiger partial charge in [0, 0.05) is 62.6 Å². The molecule has 2 aromatic heterocycles. The monoisotopic (exact) mass is 588 g/mol. The van der Waals surface area contributed by atoms with Gasteiger partial charge in [-0.05, 0) is 88.7 Å². The van der Waals surface area contributed by atoms with Gasteiger partial charge in [-0.3, -0.25) is 4.79 Å². The molecule has 0 spiro atoms. The number of ether oxygens (including phenoxy) is 1. The molecule has 2 fully saturated rings. The topological polar surface area (TPSA) is 120 Å². The van der Waals surface area contributed by atoms with Crippen LogP contribution in [-0.4, -0.2) is 96.4 Å². The molecule has 3 heterocycles. The molecule has 1 saturated carbocycles. The molecule has 0 bridgehead atoms. The molecule has 1 aromatic carbocycles. The highest BCUT2D eigenvalue weighted by molar-refractivity contribution is 6.07. The molecule has 2 amide bonds. The number of hydrogen-bond acceptors (Lipinski definition) is 7. The number of nitrogens with zero attached hydrogens (tertiary/aromatic N) is 4. The maximum absolute atomic E-state index is 13.5. The number of anilines is 1. The van der Waals surface area contributed by atoms with Crippen LogP contribution in [0, 0.1) is 11.8 Å². The van der Waals surface area contributed by atoms with E-state index in [1.54, 1.807) is 11.1 Å². The van der Waals surface area contributed by atoms with Gasteiger partial charge in [0.1, 0.15) is 5.82 Å². The summed E-state index contributed by atoms with van der Waals surface area (Å²) in [4.78, 5) is 38.6. The number of rotatable bonds is 11. The predicted octanol–water partition coefficient (Wildman–Crippen LogP) is 4.97. The van der Waals surface area contributed by atoms with Crippen LogP contribution in [0.3, 0.4) is 0 Å². The van der Waals surface area contributed by atoms with Crippen LogP contribution >= 0.6 is 0 Å². The molecule has 1 aliphatic heterocycles. The van der Waals surface area contributed by atoms with E-state index in [-0.39, 0.29) is 11.9 Å². The summed E-state index contributed by atoms with van der Waals surface area (Å²) in [5.41, 5.74) is 2.94. The lowest BCUT2D eigenvalue weighted by atomic mass is 9.81. The Balaban J connectivity index is 1.19. The second kappa shape index (κ2) is 14.6. The molecule has 3 aromatic rings. The number of likely N-dealkylation sites (N-methyl/N-ethyl adjacent to an activating group) is 1. The molecule has 230 valence electrons. The van der Waals surface area contributed by atoms with Gasteiger partial charge in [-0.15, -0.1) is 0 Å². The van der Waals surface area contributed by atoms with Gasteiger partial charge in [0.2, 0.25) is 0 Å². The average Bonchev–Trinajstić information content (AvgIpc) is 3.03. The van der Waals surface area contributed by atoms with Crippen LogP contribution in [0.5, 0.6) is 0 Å². The predicted molar refractivity (Wildman–Crippen MR) is 168 cm³/mol. The Morgan fingerprint density at radius 1 is 1.00 bits per heavy atom. The molecular formula is C33H44N6O4. The van der Waals surface area contributed by atoms with Gasteiger partial charge in [0.05, 0.1) is 16.8 Å². The zero-order valence-corrected chi connectivity index (χ0v) is 25.3. The fourth-order valence-electron chi connectivity index (χ4n) is 6.18. The van der Waals surface area contributed by atoms with Crippen molar-refractivity contribution in [1.29, 1.82) is 0 Å². The summed E-state index contributed by atoms with van der Waals surface area (Å²) >= 11 is 0. The van der Waals surface area contributed by atoms with Crippen molar-refractivity contribution in [3.05, 3.63) is 54.2 Å². The van der Waals surface area contributed by atoms with Crippen LogP contribution in [0.4, 0.5) is 10.6 Å². The first kappa shape index (κ1) is 30.7. The van der Waals surface area contributed by atoms with Gasteiger partial charge in [0.25, 0.3) is 5.91 Å². The number of aromatic nitrogens is 2. The van der Waals surface area contributed by atoms with Crippen molar-refractivity contribution in [2.75, 3.05) is 58.8 Å². The second-order valence-corrected chi connectivity index (χ2v) is 12.1. The lowest BCUT2D eigenvalue weighted by Crippen LogP contribution is -2.45. The molecule has 10 nitrogen and oxygen atoms in total. The highest BCUT2D eigenvalue weighted by Crippen LogP contribution is 2.31. The van der Waals surface area contributed by atoms with Crippen LogP contribution in [0.1, 0.15) is 48.9 Å². The number of hydrogen-bond donors (Lipinski definition) is 3. The van der Waals surface area contributed by atoms with Gasteiger partial charge in [-0.2, -0.15) is 0 Å². The summed E-state index contributed by atoms with van der Waals surface area (Å²) in [5, 5.41) is 17.2. The van der Waals surface area contributed by atoms with Gasteiger partial charge in [0.15, 0.2) is 0 Å². The van der Waals surface area contributed by atoms with E-state index >= 15 is 0 Å². The molecule has 5 rings (SSSR count). The molecule has 0 atom stereocenters. The molecule has 10 heteroatoms. The first-order valence-electron chi connectivity index (χ1n) is 15.5. The van der Waals surface area contributed by atoms with E-state index in [1.807, 2.05) is 56.6 Å². The van der Waals surface area contributed by atoms with Crippen molar-refractivity contribution in [3.63, 3.8) is 0 Å². The Kier molecular flexibility index (Phi) is 10.4. The first-order valence-corrected chi connectivity index (χ1v) is 15.5. The zero-order chi connectivity index (χ0) is 30.2. The van der Waals surface area contributed by atoms with E-state index in [2.05, 4.69) is 20.5 Å². The molecule has 43 heavy (non-hydrogen) atoms. The van der Waals surface area contributed by atoms with Gasteiger partial charge in [-0.1, -0.05) is 18.2 Å². The highest BCUT2D eigenvalue weighted by Gasteiger charge is 2.30. The van der Waals surface area contributed by atoms with E-state index in [0.29, 0.717) is 49.4 Å². The van der Waals surface area contributed by atoms with E-state index in [0.717, 1.165) is 73.9 Å². The molecule has 3 N–H and O–H groups in total. The van der Waals surface area contributed by atoms with Crippen LogP contribution in [0.2, 0.25) is 0 Å². The molecule has 1 saturated heterocycles. The normalized spacial score (nSPS) is 19.3. The van der Waals surface area contributed by atoms with Gasteiger partial charge in [-0.25, -0.2) is 14.8 Å². The van der Waals surface area contributed by atoms with E-state index in [1.165, 1.54) is 0 Å². The number of carbonyl (C=O) groups is 2. The molecule has 0 radical (unpaired) electrons. The standard InChI is InChI=1S/C33H44N6O4/c1-38(2)16-15-34-31-12-11-25(21-35-31)30-19-28(27-5-3-4-6-29(27)37-30)32(40)36-20-23-7-9-24(10-8-23)22-39(33(41)42)26-13-17-43-18-14-26/h3-6,11-12,19,21,23-24,26H,7-10,13-18,20,22H2,1-2H3,(H,34,35)(H,36,40)(H,41,42)/t23-,24-. The molecule has 0 unspecified atom stereocenters. The number of benzene rings is 1. The molecule has 2 aliphatic rings. The van der Waals surface area contributed by atoms with E-state index < -0.39 is 6.09 Å². The smallest absolute Gasteiger partial charge is 0.407 e. The van der Waals surface area contributed by atoms with Crippen LogP contribution < -0.4 is 10.6 Å². The van der Waals surface area contributed by atoms with Crippen molar-refractivity contribution in [2.45, 2.75) is 44.6 Å². The number of pyridine rings is 2. The summed E-state index contributed by atoms with van der Waals surface area (Å²) in [6.45, 7) is 4.17. The van der Waals surface area contributed by atoms with Crippen molar-refractivity contribution in [2.24, 2.45) is 11.8 Å². The number of amides is 2. The Morgan fingerprint density at radius 3 is 2.44 bits per heavy atom. The Morgan fingerprint density at radius 2 is 1.74 bits per heavy atom. The summed E-state index contributed by atoms with van der Waals surface area (Å²) in [7, 11) is 4.07. The van der Waals surface area contributed by atoms with Crippen molar-refractivity contribution in [1.82, 2.24) is 25.1 Å². The van der Waals surface area contributed by atoms with E-state index in [9.17, 15) is 14.7 Å². The fraction of sp³-hybridized carbons (Fsp3) is 0.515. The zero-order valence-electron chi connectivity index (χ0n) is 25.3. The lowest BCUT2D eigenvalue weighted by molar-refractivity contribution is 0.0277. The number of carbonyl (C=O) groups excluding carboxylic acids is 1. The minimum atomic E-state index is -0.825. The maximum Gasteiger partial charge on any atom is 0.407 e. The Labute approximate surface area is 253 Å². The number of nitrogens with one attached hydrogen (secondary N) is 2. The minimum Gasteiger partial charge on any atom is -0.465 e. The average molecular weight is 589 g/mol. The van der Waals surface area contributed by atoms with Crippen molar-refractivity contribution in [3.8, 4) is 11.3 Å². The SMILES string of the molecule is CN(C)CCNc1ccc(-c2cc(C(=O)NC[C@H]3CC[C@H](CN(C(=O)O)C4CCOCC4)CC3)c3ccccc3n2)cn1. The second-order valence-electron chi connectivity index (χ2n) is 12.1. The summed E-state index contributed by atoms with van der Waals surface area (Å²) in [6.07, 6.45) is 6.43. The summed E-state index contributed by atoms with van der Waals surface area (Å²) in [6, 6.07) is 13.6. The van der Waals surface area contributed by atoms with Crippen molar-refractivity contribution < 1.29 is 19.4 Å². The Bertz CT molecular complexity index is 1370. The van der Waals surface area contributed by atoms with Crippen molar-refractivity contribution >= 4 is 28.7 Å². The number of carboxylic acid groups (broad SMARTS) is 1. The molecular weight excluding hydrogens is 544 g/mol. The third kappa shape index (κ3) is 8.20. The van der Waals surface area contributed by atoms with Crippen LogP contribution in [0.25, 0.3) is 22.2 Å². The summed E-state index contributed by atoms with van der Waals surface area (Å²) < 4.78 is 5.42. The highest BCUT2D eigenvalue weighted by atomic mass is 16.5. The Hall–Kier alpha value is -3.76. The van der Waals surface area contributed by atoms with Crippen LogP contribution in [-0.2, 0) is 4.74 Å². The number of para-hydroxylation sites is 1. The third-order valence-electron chi connectivity index (χ3n) is 8.74. The first-order chi connectivity index (χ1) is 20.9. The largest absolute Gasteiger partial charge is 0.465 e. The maximum atomic E-state index is 13.5. The van der Waals surface area contributed by atoms with Gasteiger partial charge < -0.3 is 30.3 Å². The summed E-state index contributed by atoms with van der Waals surface area (Å²) in [5.74, 6) is 1.44. The fourth-order valence-corrected chi connectivity index (χ4v) is 6.18. The van der Waals surface area contributed by atoms with Crippen LogP contribution in [0.15, 0.2) is 48.7 Å². The van der Waals surface area contributed by atoms with E-state index in [4.69, 9.17) is 9.72 Å². The lowest BCUT2D eigenvalue weighted by Gasteiger charge is -2.37. The van der Waals surface area contributed by atoms with Gasteiger partial charge >= 0.3 is 6.09 Å².